The van der Waals surface area contributed by atoms with E-state index in [1.165, 1.54) is 0 Å². The molecule has 0 fully saturated rings. The van der Waals surface area contributed by atoms with Gasteiger partial charge in [-0.15, -0.1) is 0 Å². The van der Waals surface area contributed by atoms with Crippen molar-refractivity contribution in [2.75, 3.05) is 0 Å². The predicted molar refractivity (Wildman–Crippen MR) is 84.8 cm³/mol. The summed E-state index contributed by atoms with van der Waals surface area (Å²) in [4.78, 5) is 11.7. The second-order valence-corrected chi connectivity index (χ2v) is 7.08. The molecule has 6 nitrogen and oxygen atoms in total. The highest BCUT2D eigenvalue weighted by Gasteiger charge is 2.37. The fourth-order valence-corrected chi connectivity index (χ4v) is 2.49. The van der Waals surface area contributed by atoms with Crippen molar-refractivity contribution in [3.05, 3.63) is 59.2 Å². The number of aliphatic hydroxyl groups excluding tert-OH is 1. The van der Waals surface area contributed by atoms with Gasteiger partial charge in [0.2, 0.25) is 11.2 Å². The lowest BCUT2D eigenvalue weighted by atomic mass is 10.1. The molecule has 0 aliphatic heterocycles. The van der Waals surface area contributed by atoms with Crippen LogP contribution in [0.15, 0.2) is 42.5 Å². The molecule has 0 aliphatic carbocycles. The standard InChI is InChI=1S/C16H10F6O6S/c17-15(18,19)9-5-10(16(20,21)22)7-12(6-9)28-11-3-1-8(2-4-11)13(23)14(24)29(25,26)27/h1-7,14,24H,(H,25,26,27). The number of rotatable bonds is 5. The van der Waals surface area contributed by atoms with Crippen LogP contribution in [0.4, 0.5) is 26.3 Å². The summed E-state index contributed by atoms with van der Waals surface area (Å²) in [6, 6.07) is 4.28. The summed E-state index contributed by atoms with van der Waals surface area (Å²) >= 11 is 0. The summed E-state index contributed by atoms with van der Waals surface area (Å²) < 4.78 is 112. The van der Waals surface area contributed by atoms with Crippen LogP contribution in [0.25, 0.3) is 0 Å². The summed E-state index contributed by atoms with van der Waals surface area (Å²) in [6.45, 7) is 0. The summed E-state index contributed by atoms with van der Waals surface area (Å²) in [7, 11) is -5.08. The zero-order chi connectivity index (χ0) is 22.2. The maximum atomic E-state index is 12.8. The Bertz CT molecular complexity index is 979. The Balaban J connectivity index is 2.34. The fourth-order valence-electron chi connectivity index (χ4n) is 2.09. The van der Waals surface area contributed by atoms with E-state index in [2.05, 4.69) is 0 Å². The molecular weight excluding hydrogens is 434 g/mol. The third kappa shape index (κ3) is 5.68. The number of carbonyl (C=O) groups is 1. The van der Waals surface area contributed by atoms with Crippen LogP contribution in [-0.2, 0) is 22.5 Å². The molecule has 0 bridgehead atoms. The molecule has 0 saturated carbocycles. The van der Waals surface area contributed by atoms with Gasteiger partial charge in [-0.25, -0.2) is 0 Å². The second-order valence-electron chi connectivity index (χ2n) is 5.60. The van der Waals surface area contributed by atoms with Crippen LogP contribution in [0.3, 0.4) is 0 Å². The number of alkyl halides is 6. The number of ketones is 1. The van der Waals surface area contributed by atoms with E-state index in [9.17, 15) is 44.7 Å². The van der Waals surface area contributed by atoms with Crippen molar-refractivity contribution < 1.29 is 54.0 Å². The number of halogens is 6. The van der Waals surface area contributed by atoms with Crippen molar-refractivity contribution >= 4 is 15.9 Å². The Morgan fingerprint density at radius 3 is 1.69 bits per heavy atom. The molecule has 0 spiro atoms. The normalized spacial score (nSPS) is 13.8. The quantitative estimate of drug-likeness (QED) is 0.412. The minimum atomic E-state index is -5.08. The van der Waals surface area contributed by atoms with Gasteiger partial charge in [-0.05, 0) is 42.5 Å². The number of aliphatic hydroxyl groups is 1. The molecule has 1 unspecified atom stereocenters. The van der Waals surface area contributed by atoms with Crippen LogP contribution < -0.4 is 4.74 Å². The van der Waals surface area contributed by atoms with E-state index in [1.54, 1.807) is 0 Å². The maximum absolute atomic E-state index is 12.8. The van der Waals surface area contributed by atoms with Crippen LogP contribution in [0.1, 0.15) is 21.5 Å². The molecule has 1 atom stereocenters. The summed E-state index contributed by atoms with van der Waals surface area (Å²) in [5, 5.41) is 9.19. The van der Waals surface area contributed by atoms with E-state index in [0.717, 1.165) is 24.3 Å². The lowest BCUT2D eigenvalue weighted by Gasteiger charge is -2.15. The monoisotopic (exact) mass is 444 g/mol. The molecule has 0 aromatic heterocycles. The first-order chi connectivity index (χ1) is 13.1. The molecule has 0 aliphatic rings. The van der Waals surface area contributed by atoms with Crippen LogP contribution in [0.2, 0.25) is 0 Å². The van der Waals surface area contributed by atoms with E-state index < -0.39 is 56.1 Å². The van der Waals surface area contributed by atoms with Crippen LogP contribution in [0, 0.1) is 0 Å². The van der Waals surface area contributed by atoms with Crippen molar-refractivity contribution in [3.63, 3.8) is 0 Å². The Kier molecular flexibility index (Phi) is 5.97. The molecule has 2 N–H and O–H groups in total. The van der Waals surface area contributed by atoms with Gasteiger partial charge < -0.3 is 9.84 Å². The van der Waals surface area contributed by atoms with E-state index in [-0.39, 0.29) is 11.8 Å². The minimum Gasteiger partial charge on any atom is -0.457 e. The van der Waals surface area contributed by atoms with Gasteiger partial charge in [0, 0.05) is 5.56 Å². The Hall–Kier alpha value is -2.64. The lowest BCUT2D eigenvalue weighted by Crippen LogP contribution is -2.29. The average Bonchev–Trinajstić information content (AvgIpc) is 2.58. The number of hydrogen-bond acceptors (Lipinski definition) is 5. The van der Waals surface area contributed by atoms with E-state index in [4.69, 9.17) is 9.29 Å². The SMILES string of the molecule is O=C(c1ccc(Oc2cc(C(F)(F)F)cc(C(F)(F)F)c2)cc1)C(O)S(=O)(=O)O. The number of Topliss-reactive ketones (excluding diaryl/α,β-unsaturated/α-hetero) is 1. The first-order valence-electron chi connectivity index (χ1n) is 7.35. The highest BCUT2D eigenvalue weighted by molar-refractivity contribution is 7.87. The molecule has 0 amide bonds. The van der Waals surface area contributed by atoms with Crippen LogP contribution >= 0.6 is 0 Å². The van der Waals surface area contributed by atoms with Crippen molar-refractivity contribution in [2.24, 2.45) is 0 Å². The molecule has 0 saturated heterocycles. The molecule has 158 valence electrons. The van der Waals surface area contributed by atoms with Crippen molar-refractivity contribution in [3.8, 4) is 11.5 Å². The summed E-state index contributed by atoms with van der Waals surface area (Å²) in [5.74, 6) is -2.47. The minimum absolute atomic E-state index is 0.0780. The molecule has 13 heteroatoms. The van der Waals surface area contributed by atoms with E-state index in [1.807, 2.05) is 0 Å². The Morgan fingerprint density at radius 1 is 0.862 bits per heavy atom. The van der Waals surface area contributed by atoms with Gasteiger partial charge in [0.1, 0.15) is 11.5 Å². The van der Waals surface area contributed by atoms with Gasteiger partial charge in [0.05, 0.1) is 11.1 Å². The molecule has 2 aromatic carbocycles. The number of hydrogen-bond donors (Lipinski definition) is 2. The largest absolute Gasteiger partial charge is 0.457 e. The molecule has 0 radical (unpaired) electrons. The van der Waals surface area contributed by atoms with E-state index >= 15 is 0 Å². The molecule has 2 rings (SSSR count). The van der Waals surface area contributed by atoms with Gasteiger partial charge >= 0.3 is 12.4 Å². The molecular formula is C16H10F6O6S. The first kappa shape index (κ1) is 22.6. The first-order valence-corrected chi connectivity index (χ1v) is 8.85. The summed E-state index contributed by atoms with van der Waals surface area (Å²) in [6.07, 6.45) is -10.1. The van der Waals surface area contributed by atoms with Crippen molar-refractivity contribution in [1.82, 2.24) is 0 Å². The Morgan fingerprint density at radius 2 is 1.31 bits per heavy atom. The fraction of sp³-hybridized carbons (Fsp3) is 0.188. The van der Waals surface area contributed by atoms with Gasteiger partial charge in [-0.1, -0.05) is 0 Å². The van der Waals surface area contributed by atoms with Crippen molar-refractivity contribution in [2.45, 2.75) is 17.8 Å². The lowest BCUT2D eigenvalue weighted by molar-refractivity contribution is -0.143. The number of benzene rings is 2. The highest BCUT2D eigenvalue weighted by atomic mass is 32.2. The van der Waals surface area contributed by atoms with Crippen molar-refractivity contribution in [1.29, 1.82) is 0 Å². The zero-order valence-corrected chi connectivity index (χ0v) is 14.6. The van der Waals surface area contributed by atoms with Crippen LogP contribution in [0.5, 0.6) is 11.5 Å². The average molecular weight is 444 g/mol. The topological polar surface area (TPSA) is 101 Å². The molecule has 2 aromatic rings. The highest BCUT2D eigenvalue weighted by Crippen LogP contribution is 2.39. The van der Waals surface area contributed by atoms with E-state index in [0.29, 0.717) is 12.1 Å². The predicted octanol–water partition coefficient (Wildman–Crippen LogP) is 3.91. The van der Waals surface area contributed by atoms with Gasteiger partial charge in [0.15, 0.2) is 0 Å². The molecule has 29 heavy (non-hydrogen) atoms. The van der Waals surface area contributed by atoms with Gasteiger partial charge in [0.25, 0.3) is 10.1 Å². The molecule has 0 heterocycles. The third-order valence-corrected chi connectivity index (χ3v) is 4.22. The zero-order valence-electron chi connectivity index (χ0n) is 13.8. The summed E-state index contributed by atoms with van der Waals surface area (Å²) in [5.41, 5.74) is -6.36. The smallest absolute Gasteiger partial charge is 0.416 e. The second kappa shape index (κ2) is 7.65. The third-order valence-electron chi connectivity index (χ3n) is 3.44. The van der Waals surface area contributed by atoms with Gasteiger partial charge in [-0.2, -0.15) is 34.8 Å². The van der Waals surface area contributed by atoms with Crippen LogP contribution in [-0.4, -0.2) is 29.3 Å². The van der Waals surface area contributed by atoms with Gasteiger partial charge in [-0.3, -0.25) is 9.35 Å². The number of carbonyl (C=O) groups excluding carboxylic acids is 1. The maximum Gasteiger partial charge on any atom is 0.416 e. The Labute approximate surface area is 159 Å². The number of ether oxygens (including phenoxy) is 1.